The van der Waals surface area contributed by atoms with Gasteiger partial charge in [0.2, 0.25) is 5.43 Å². The number of para-hydroxylation sites is 1. The number of nitrogens with one attached hydrogen (secondary N) is 3. The fourth-order valence-corrected chi connectivity index (χ4v) is 4.27. The first-order valence-corrected chi connectivity index (χ1v) is 11.8. The lowest BCUT2D eigenvalue weighted by Gasteiger charge is -2.11. The molecule has 0 saturated carbocycles. The minimum Gasteiger partial charge on any atom is -0.379 e. The van der Waals surface area contributed by atoms with Crippen molar-refractivity contribution in [2.75, 3.05) is 17.9 Å². The normalized spacial score (nSPS) is 11.6. The van der Waals surface area contributed by atoms with Crippen molar-refractivity contribution in [2.45, 2.75) is 38.2 Å². The molecule has 1 heterocycles. The summed E-state index contributed by atoms with van der Waals surface area (Å²) in [7, 11) is -3.92. The van der Waals surface area contributed by atoms with Crippen molar-refractivity contribution in [2.24, 2.45) is 0 Å². The van der Waals surface area contributed by atoms with Gasteiger partial charge in [0.05, 0.1) is 16.7 Å². The third-order valence-electron chi connectivity index (χ3n) is 4.85. The standard InChI is InChI=1S/C23H27N3O5S/c1-15(2)31-12-6-11-24-23(28)19-14-25-21-10-9-17(13-18(21)22(19)27)32(29,30)26-20-8-5-4-7-16(20)3/h4-5,7-10,13-15,26H,6,11-12H2,1-3H3,(H,24,28)(H,25,27). The smallest absolute Gasteiger partial charge is 0.261 e. The summed E-state index contributed by atoms with van der Waals surface area (Å²) in [4.78, 5) is 28.2. The summed E-state index contributed by atoms with van der Waals surface area (Å²) < 4.78 is 33.7. The maximum absolute atomic E-state index is 12.9. The highest BCUT2D eigenvalue weighted by atomic mass is 32.2. The second-order valence-electron chi connectivity index (χ2n) is 7.69. The van der Waals surface area contributed by atoms with Crippen molar-refractivity contribution in [3.63, 3.8) is 0 Å². The maximum Gasteiger partial charge on any atom is 0.261 e. The van der Waals surface area contributed by atoms with E-state index in [1.54, 1.807) is 25.1 Å². The fraction of sp³-hybridized carbons (Fsp3) is 0.304. The number of ether oxygens (including phenoxy) is 1. The predicted molar refractivity (Wildman–Crippen MR) is 125 cm³/mol. The highest BCUT2D eigenvalue weighted by Gasteiger charge is 2.18. The Balaban J connectivity index is 1.83. The van der Waals surface area contributed by atoms with E-state index in [9.17, 15) is 18.0 Å². The molecule has 0 aliphatic carbocycles. The van der Waals surface area contributed by atoms with Crippen molar-refractivity contribution in [1.82, 2.24) is 10.3 Å². The number of amides is 1. The molecule has 8 nitrogen and oxygen atoms in total. The van der Waals surface area contributed by atoms with E-state index in [2.05, 4.69) is 15.0 Å². The van der Waals surface area contributed by atoms with Gasteiger partial charge in [0, 0.05) is 30.3 Å². The Labute approximate surface area is 187 Å². The number of carbonyl (C=O) groups excluding carboxylic acids is 1. The van der Waals surface area contributed by atoms with Crippen molar-refractivity contribution >= 4 is 32.5 Å². The quantitative estimate of drug-likeness (QED) is 0.427. The van der Waals surface area contributed by atoms with Crippen LogP contribution in [0.2, 0.25) is 0 Å². The van der Waals surface area contributed by atoms with Gasteiger partial charge in [-0.1, -0.05) is 18.2 Å². The van der Waals surface area contributed by atoms with Crippen molar-refractivity contribution in [1.29, 1.82) is 0 Å². The molecular weight excluding hydrogens is 430 g/mol. The number of H-pyrrole nitrogens is 1. The zero-order valence-electron chi connectivity index (χ0n) is 18.3. The molecule has 0 fully saturated rings. The molecule has 1 amide bonds. The van der Waals surface area contributed by atoms with Crippen LogP contribution in [0, 0.1) is 6.92 Å². The second kappa shape index (κ2) is 9.97. The summed E-state index contributed by atoms with van der Waals surface area (Å²) in [5.41, 5.74) is 1.04. The first-order valence-electron chi connectivity index (χ1n) is 10.3. The molecular formula is C23H27N3O5S. The van der Waals surface area contributed by atoms with Gasteiger partial charge >= 0.3 is 0 Å². The number of sulfonamides is 1. The molecule has 3 aromatic rings. The van der Waals surface area contributed by atoms with Gasteiger partial charge < -0.3 is 15.0 Å². The van der Waals surface area contributed by atoms with Gasteiger partial charge in [0.25, 0.3) is 15.9 Å². The molecule has 3 N–H and O–H groups in total. The number of benzene rings is 2. The van der Waals surface area contributed by atoms with Crippen LogP contribution in [0.15, 0.2) is 58.4 Å². The zero-order chi connectivity index (χ0) is 23.3. The SMILES string of the molecule is Cc1ccccc1NS(=O)(=O)c1ccc2[nH]cc(C(=O)NCCCOC(C)C)c(=O)c2c1. The van der Waals surface area contributed by atoms with Gasteiger partial charge in [0.15, 0.2) is 0 Å². The molecule has 170 valence electrons. The number of aromatic amines is 1. The summed E-state index contributed by atoms with van der Waals surface area (Å²) >= 11 is 0. The highest BCUT2D eigenvalue weighted by Crippen LogP contribution is 2.21. The summed E-state index contributed by atoms with van der Waals surface area (Å²) in [6.45, 7) is 6.51. The number of anilines is 1. The van der Waals surface area contributed by atoms with Crippen LogP contribution in [-0.4, -0.2) is 38.6 Å². The number of fused-ring (bicyclic) bond motifs is 1. The van der Waals surface area contributed by atoms with E-state index in [1.165, 1.54) is 24.4 Å². The summed E-state index contributed by atoms with van der Waals surface area (Å²) in [6.07, 6.45) is 2.06. The lowest BCUT2D eigenvalue weighted by molar-refractivity contribution is 0.0757. The van der Waals surface area contributed by atoms with E-state index in [1.807, 2.05) is 19.9 Å². The van der Waals surface area contributed by atoms with Gasteiger partial charge in [-0.3, -0.25) is 14.3 Å². The Morgan fingerprint density at radius 2 is 1.91 bits per heavy atom. The topological polar surface area (TPSA) is 117 Å². The average Bonchev–Trinajstić information content (AvgIpc) is 2.74. The van der Waals surface area contributed by atoms with Crippen LogP contribution in [0.1, 0.15) is 36.2 Å². The second-order valence-corrected chi connectivity index (χ2v) is 9.37. The van der Waals surface area contributed by atoms with E-state index >= 15 is 0 Å². The molecule has 0 aliphatic rings. The van der Waals surface area contributed by atoms with Crippen LogP contribution < -0.4 is 15.5 Å². The molecule has 2 aromatic carbocycles. The molecule has 9 heteroatoms. The first-order chi connectivity index (χ1) is 15.2. The molecule has 0 aliphatic heterocycles. The monoisotopic (exact) mass is 457 g/mol. The molecule has 0 bridgehead atoms. The minimum absolute atomic E-state index is 0.0675. The minimum atomic E-state index is -3.92. The number of rotatable bonds is 9. The van der Waals surface area contributed by atoms with E-state index in [0.29, 0.717) is 30.8 Å². The van der Waals surface area contributed by atoms with Gasteiger partial charge in [-0.15, -0.1) is 0 Å². The van der Waals surface area contributed by atoms with Crippen molar-refractivity contribution in [3.05, 3.63) is 70.0 Å². The van der Waals surface area contributed by atoms with Gasteiger partial charge in [-0.2, -0.15) is 0 Å². The number of carbonyl (C=O) groups is 1. The molecule has 0 saturated heterocycles. The Morgan fingerprint density at radius 1 is 1.16 bits per heavy atom. The lowest BCUT2D eigenvalue weighted by atomic mass is 10.1. The van der Waals surface area contributed by atoms with Crippen LogP contribution in [0.3, 0.4) is 0 Å². The molecule has 0 spiro atoms. The third kappa shape index (κ3) is 5.54. The molecule has 3 rings (SSSR count). The molecule has 32 heavy (non-hydrogen) atoms. The largest absolute Gasteiger partial charge is 0.379 e. The molecule has 0 radical (unpaired) electrons. The Hall–Kier alpha value is -3.17. The Bertz CT molecular complexity index is 1280. The van der Waals surface area contributed by atoms with Crippen molar-refractivity contribution in [3.8, 4) is 0 Å². The molecule has 0 unspecified atom stereocenters. The van der Waals surface area contributed by atoms with Crippen LogP contribution in [-0.2, 0) is 14.8 Å². The Kier molecular flexibility index (Phi) is 7.32. The van der Waals surface area contributed by atoms with Crippen LogP contribution >= 0.6 is 0 Å². The van der Waals surface area contributed by atoms with E-state index in [4.69, 9.17) is 4.74 Å². The van der Waals surface area contributed by atoms with Gasteiger partial charge in [0.1, 0.15) is 5.56 Å². The lowest BCUT2D eigenvalue weighted by Crippen LogP contribution is -2.30. The van der Waals surface area contributed by atoms with E-state index in [-0.39, 0.29) is 21.9 Å². The predicted octanol–water partition coefficient (Wildman–Crippen LogP) is 3.18. The highest BCUT2D eigenvalue weighted by molar-refractivity contribution is 7.92. The van der Waals surface area contributed by atoms with Crippen LogP contribution in [0.25, 0.3) is 10.9 Å². The third-order valence-corrected chi connectivity index (χ3v) is 6.22. The zero-order valence-corrected chi connectivity index (χ0v) is 19.1. The van der Waals surface area contributed by atoms with Crippen molar-refractivity contribution < 1.29 is 17.9 Å². The number of aromatic nitrogens is 1. The van der Waals surface area contributed by atoms with Crippen LogP contribution in [0.4, 0.5) is 5.69 Å². The molecule has 0 atom stereocenters. The Morgan fingerprint density at radius 3 is 2.62 bits per heavy atom. The number of hydrogen-bond donors (Lipinski definition) is 3. The van der Waals surface area contributed by atoms with E-state index < -0.39 is 21.4 Å². The van der Waals surface area contributed by atoms with E-state index in [0.717, 1.165) is 5.56 Å². The van der Waals surface area contributed by atoms with Gasteiger partial charge in [-0.25, -0.2) is 8.42 Å². The first kappa shape index (κ1) is 23.5. The van der Waals surface area contributed by atoms with Gasteiger partial charge in [-0.05, 0) is 57.0 Å². The fourth-order valence-electron chi connectivity index (χ4n) is 3.11. The molecule has 1 aromatic heterocycles. The maximum atomic E-state index is 12.9. The summed E-state index contributed by atoms with van der Waals surface area (Å²) in [6, 6.07) is 11.2. The van der Waals surface area contributed by atoms with Crippen LogP contribution in [0.5, 0.6) is 0 Å². The number of hydrogen-bond acceptors (Lipinski definition) is 5. The number of aryl methyl sites for hydroxylation is 1. The summed E-state index contributed by atoms with van der Waals surface area (Å²) in [5, 5.41) is 2.81. The average molecular weight is 458 g/mol. The summed E-state index contributed by atoms with van der Waals surface area (Å²) in [5.74, 6) is -0.524. The number of pyridine rings is 1.